The lowest BCUT2D eigenvalue weighted by Crippen LogP contribution is -2.18. The van der Waals surface area contributed by atoms with E-state index in [4.69, 9.17) is 9.47 Å². The van der Waals surface area contributed by atoms with Crippen molar-refractivity contribution in [3.63, 3.8) is 0 Å². The van der Waals surface area contributed by atoms with Crippen molar-refractivity contribution in [2.45, 2.75) is 6.42 Å². The second-order valence-corrected chi connectivity index (χ2v) is 4.50. The molecule has 0 unspecified atom stereocenters. The minimum Gasteiger partial charge on any atom is -0.426 e. The number of hydrogen-bond acceptors (Lipinski definition) is 6. The Balaban J connectivity index is 1.86. The number of esters is 2. The zero-order valence-electron chi connectivity index (χ0n) is 11.9. The maximum atomic E-state index is 11.6. The van der Waals surface area contributed by atoms with Crippen LogP contribution in [0.3, 0.4) is 0 Å². The molecular formula is C17H12O6. The highest BCUT2D eigenvalue weighted by molar-refractivity contribution is 5.93. The molecule has 6 nitrogen and oxygen atoms in total. The van der Waals surface area contributed by atoms with E-state index in [1.165, 1.54) is 48.5 Å². The normalized spacial score (nSPS) is 9.74. The molecule has 0 radical (unpaired) electrons. The van der Waals surface area contributed by atoms with Crippen molar-refractivity contribution >= 4 is 24.5 Å². The standard InChI is InChI=1S/C17H12O6/c18-10-12-1-5-14(6-2-12)22-16(20)9-17(21)23-15-7-3-13(11-19)4-8-15/h1-8,10-11H,9H2. The van der Waals surface area contributed by atoms with Gasteiger partial charge in [0.05, 0.1) is 0 Å². The molecule has 23 heavy (non-hydrogen) atoms. The van der Waals surface area contributed by atoms with Crippen molar-refractivity contribution in [2.75, 3.05) is 0 Å². The summed E-state index contributed by atoms with van der Waals surface area (Å²) in [5.74, 6) is -1.11. The van der Waals surface area contributed by atoms with E-state index in [1.54, 1.807) is 0 Å². The lowest BCUT2D eigenvalue weighted by Gasteiger charge is -2.05. The van der Waals surface area contributed by atoms with E-state index in [0.29, 0.717) is 23.7 Å². The lowest BCUT2D eigenvalue weighted by molar-refractivity contribution is -0.144. The predicted octanol–water partition coefficient (Wildman–Crippen LogP) is 2.21. The largest absolute Gasteiger partial charge is 0.426 e. The van der Waals surface area contributed by atoms with Crippen LogP contribution in [0.1, 0.15) is 27.1 Å². The van der Waals surface area contributed by atoms with Gasteiger partial charge in [-0.15, -0.1) is 0 Å². The first-order valence-corrected chi connectivity index (χ1v) is 6.62. The number of aldehydes is 2. The molecule has 6 heteroatoms. The first-order valence-electron chi connectivity index (χ1n) is 6.62. The van der Waals surface area contributed by atoms with Gasteiger partial charge < -0.3 is 9.47 Å². The molecular weight excluding hydrogens is 300 g/mol. The molecule has 0 saturated heterocycles. The molecule has 0 atom stereocenters. The van der Waals surface area contributed by atoms with Gasteiger partial charge in [-0.05, 0) is 48.5 Å². The zero-order chi connectivity index (χ0) is 16.7. The first kappa shape index (κ1) is 16.1. The molecule has 2 aromatic carbocycles. The highest BCUT2D eigenvalue weighted by Gasteiger charge is 2.14. The Morgan fingerprint density at radius 2 is 1.04 bits per heavy atom. The van der Waals surface area contributed by atoms with Crippen LogP contribution in [0.2, 0.25) is 0 Å². The molecule has 0 heterocycles. The van der Waals surface area contributed by atoms with Crippen LogP contribution in [-0.4, -0.2) is 24.5 Å². The van der Waals surface area contributed by atoms with Crippen molar-refractivity contribution < 1.29 is 28.7 Å². The molecule has 0 aromatic heterocycles. The van der Waals surface area contributed by atoms with E-state index in [9.17, 15) is 19.2 Å². The second kappa shape index (κ2) is 7.65. The summed E-state index contributed by atoms with van der Waals surface area (Å²) in [6.07, 6.45) is 0.766. The number of benzene rings is 2. The molecule has 0 N–H and O–H groups in total. The fourth-order valence-electron chi connectivity index (χ4n) is 1.68. The van der Waals surface area contributed by atoms with Gasteiger partial charge in [-0.2, -0.15) is 0 Å². The molecule has 0 aliphatic rings. The summed E-state index contributed by atoms with van der Waals surface area (Å²) in [5.41, 5.74) is 0.894. The van der Waals surface area contributed by atoms with E-state index < -0.39 is 18.4 Å². The number of hydrogen-bond donors (Lipinski definition) is 0. The maximum Gasteiger partial charge on any atom is 0.322 e. The monoisotopic (exact) mass is 312 g/mol. The molecule has 0 saturated carbocycles. The summed E-state index contributed by atoms with van der Waals surface area (Å²) in [7, 11) is 0. The van der Waals surface area contributed by atoms with E-state index in [0.717, 1.165) is 0 Å². The Hall–Kier alpha value is -3.28. The van der Waals surface area contributed by atoms with Crippen molar-refractivity contribution in [3.8, 4) is 11.5 Å². The van der Waals surface area contributed by atoms with Crippen molar-refractivity contribution in [3.05, 3.63) is 59.7 Å². The maximum absolute atomic E-state index is 11.6. The molecule has 0 spiro atoms. The average molecular weight is 312 g/mol. The van der Waals surface area contributed by atoms with Gasteiger partial charge in [0.2, 0.25) is 0 Å². The highest BCUT2D eigenvalue weighted by atomic mass is 16.6. The first-order chi connectivity index (χ1) is 11.1. The smallest absolute Gasteiger partial charge is 0.322 e. The van der Waals surface area contributed by atoms with Gasteiger partial charge in [0.15, 0.2) is 0 Å². The van der Waals surface area contributed by atoms with Gasteiger partial charge >= 0.3 is 11.9 Å². The summed E-state index contributed by atoms with van der Waals surface area (Å²) in [6.45, 7) is 0. The Bertz CT molecular complexity index is 652. The number of ether oxygens (including phenoxy) is 2. The molecule has 116 valence electrons. The second-order valence-electron chi connectivity index (χ2n) is 4.50. The van der Waals surface area contributed by atoms with Crippen LogP contribution in [-0.2, 0) is 9.59 Å². The predicted molar refractivity (Wildman–Crippen MR) is 79.5 cm³/mol. The highest BCUT2D eigenvalue weighted by Crippen LogP contribution is 2.14. The molecule has 0 fully saturated rings. The van der Waals surface area contributed by atoms with Gasteiger partial charge in [0, 0.05) is 11.1 Å². The minimum atomic E-state index is -0.779. The molecule has 2 rings (SSSR count). The van der Waals surface area contributed by atoms with Gasteiger partial charge in [0.1, 0.15) is 30.5 Å². The molecule has 0 aliphatic carbocycles. The van der Waals surface area contributed by atoms with Gasteiger partial charge in [-0.1, -0.05) is 0 Å². The van der Waals surface area contributed by atoms with Crippen molar-refractivity contribution in [1.82, 2.24) is 0 Å². The van der Waals surface area contributed by atoms with Crippen molar-refractivity contribution in [2.24, 2.45) is 0 Å². The summed E-state index contributed by atoms with van der Waals surface area (Å²) >= 11 is 0. The number of rotatable bonds is 6. The van der Waals surface area contributed by atoms with E-state index in [1.807, 2.05) is 0 Å². The Labute approximate surface area is 131 Å². The molecule has 0 bridgehead atoms. The van der Waals surface area contributed by atoms with E-state index in [-0.39, 0.29) is 11.5 Å². The third kappa shape index (κ3) is 4.89. The van der Waals surface area contributed by atoms with Crippen LogP contribution in [0.25, 0.3) is 0 Å². The molecule has 0 aliphatic heterocycles. The van der Waals surface area contributed by atoms with Crippen LogP contribution in [0.15, 0.2) is 48.5 Å². The fraction of sp³-hybridized carbons (Fsp3) is 0.0588. The lowest BCUT2D eigenvalue weighted by atomic mass is 10.2. The van der Waals surface area contributed by atoms with Crippen LogP contribution in [0.5, 0.6) is 11.5 Å². The quantitative estimate of drug-likeness (QED) is 0.352. The zero-order valence-corrected chi connectivity index (χ0v) is 11.9. The Morgan fingerprint density at radius 1 is 0.696 bits per heavy atom. The minimum absolute atomic E-state index is 0.226. The summed E-state index contributed by atoms with van der Waals surface area (Å²) in [5, 5.41) is 0. The summed E-state index contributed by atoms with van der Waals surface area (Å²) in [4.78, 5) is 44.3. The van der Waals surface area contributed by atoms with Crippen LogP contribution in [0.4, 0.5) is 0 Å². The van der Waals surface area contributed by atoms with E-state index >= 15 is 0 Å². The van der Waals surface area contributed by atoms with Gasteiger partial charge in [-0.25, -0.2) is 0 Å². The third-order valence-corrected chi connectivity index (χ3v) is 2.78. The fourth-order valence-corrected chi connectivity index (χ4v) is 1.68. The SMILES string of the molecule is O=Cc1ccc(OC(=O)CC(=O)Oc2ccc(C=O)cc2)cc1. The average Bonchev–Trinajstić information content (AvgIpc) is 2.56. The van der Waals surface area contributed by atoms with Gasteiger partial charge in [-0.3, -0.25) is 19.2 Å². The van der Waals surface area contributed by atoms with Crippen LogP contribution in [0, 0.1) is 0 Å². The Kier molecular flexibility index (Phi) is 5.35. The summed E-state index contributed by atoms with van der Waals surface area (Å²) in [6, 6.07) is 11.8. The van der Waals surface area contributed by atoms with Gasteiger partial charge in [0.25, 0.3) is 0 Å². The topological polar surface area (TPSA) is 86.7 Å². The molecule has 0 amide bonds. The van der Waals surface area contributed by atoms with Crippen molar-refractivity contribution in [1.29, 1.82) is 0 Å². The summed E-state index contributed by atoms with van der Waals surface area (Å²) < 4.78 is 9.91. The molecule has 2 aromatic rings. The Morgan fingerprint density at radius 3 is 1.35 bits per heavy atom. The van der Waals surface area contributed by atoms with Crippen LogP contribution < -0.4 is 9.47 Å². The third-order valence-electron chi connectivity index (χ3n) is 2.78. The van der Waals surface area contributed by atoms with Crippen LogP contribution >= 0.6 is 0 Å². The number of carbonyl (C=O) groups is 4. The van der Waals surface area contributed by atoms with E-state index in [2.05, 4.69) is 0 Å². The number of carbonyl (C=O) groups excluding carboxylic acids is 4.